The number of carbonyl (C=O) groups excluding carboxylic acids is 1. The normalized spacial score (nSPS) is 9.56. The predicted octanol–water partition coefficient (Wildman–Crippen LogP) is 0.933. The monoisotopic (exact) mass is 221 g/mol. The van der Waals surface area contributed by atoms with E-state index in [0.29, 0.717) is 0 Å². The Morgan fingerprint density at radius 3 is 2.75 bits per heavy atom. The van der Waals surface area contributed by atoms with Gasteiger partial charge in [-0.15, -0.1) is 0 Å². The Labute approximate surface area is 92.5 Å². The molecule has 0 unspecified atom stereocenters. The number of aliphatic hydroxyl groups excluding tert-OH is 1. The van der Waals surface area contributed by atoms with Gasteiger partial charge in [-0.1, -0.05) is 0 Å². The molecule has 0 radical (unpaired) electrons. The fourth-order valence-corrected chi connectivity index (χ4v) is 1.34. The van der Waals surface area contributed by atoms with E-state index in [1.807, 2.05) is 0 Å². The van der Waals surface area contributed by atoms with Crippen LogP contribution in [0.1, 0.15) is 28.4 Å². The van der Waals surface area contributed by atoms with E-state index >= 15 is 0 Å². The zero-order chi connectivity index (χ0) is 12.1. The quantitative estimate of drug-likeness (QED) is 0.741. The first-order chi connectivity index (χ1) is 7.63. The van der Waals surface area contributed by atoms with Crippen LogP contribution in [-0.2, 0) is 11.3 Å². The molecular formula is C11H11NO4. The highest BCUT2D eigenvalue weighted by Gasteiger charge is 2.18. The molecule has 2 N–H and O–H groups in total. The molecule has 0 aliphatic heterocycles. The Kier molecular flexibility index (Phi) is 3.86. The Morgan fingerprint density at radius 1 is 1.56 bits per heavy atom. The predicted molar refractivity (Wildman–Crippen MR) is 54.7 cm³/mol. The lowest BCUT2D eigenvalue weighted by Crippen LogP contribution is -2.10. The van der Waals surface area contributed by atoms with Gasteiger partial charge in [0, 0.05) is 0 Å². The van der Waals surface area contributed by atoms with Gasteiger partial charge in [0.1, 0.15) is 11.8 Å². The Hall–Kier alpha value is -2.06. The lowest BCUT2D eigenvalue weighted by molar-refractivity contribution is 0.0522. The maximum atomic E-state index is 11.5. The number of aromatic hydroxyl groups is 1. The average Bonchev–Trinajstić information content (AvgIpc) is 2.27. The van der Waals surface area contributed by atoms with Crippen LogP contribution in [-0.4, -0.2) is 22.8 Å². The smallest absolute Gasteiger partial charge is 0.339 e. The molecule has 0 saturated carbocycles. The summed E-state index contributed by atoms with van der Waals surface area (Å²) in [5.74, 6) is -0.850. The summed E-state index contributed by atoms with van der Waals surface area (Å²) in [6.07, 6.45) is 0. The van der Waals surface area contributed by atoms with Crippen molar-refractivity contribution in [2.24, 2.45) is 0 Å². The summed E-state index contributed by atoms with van der Waals surface area (Å²) >= 11 is 0. The minimum Gasteiger partial charge on any atom is -0.508 e. The number of ether oxygens (including phenoxy) is 1. The number of esters is 1. The van der Waals surface area contributed by atoms with Crippen molar-refractivity contribution in [1.82, 2.24) is 0 Å². The van der Waals surface area contributed by atoms with Crippen molar-refractivity contribution in [3.05, 3.63) is 28.8 Å². The van der Waals surface area contributed by atoms with Gasteiger partial charge in [0.25, 0.3) is 0 Å². The molecule has 0 saturated heterocycles. The zero-order valence-corrected chi connectivity index (χ0v) is 8.73. The topological polar surface area (TPSA) is 90.6 Å². The Morgan fingerprint density at radius 2 is 2.25 bits per heavy atom. The molecular weight excluding hydrogens is 210 g/mol. The molecule has 1 rings (SSSR count). The number of aliphatic hydroxyl groups is 1. The number of rotatable bonds is 3. The van der Waals surface area contributed by atoms with Crippen molar-refractivity contribution in [2.75, 3.05) is 6.61 Å². The Balaban J connectivity index is 3.34. The molecule has 0 atom stereocenters. The van der Waals surface area contributed by atoms with Gasteiger partial charge in [-0.3, -0.25) is 0 Å². The molecule has 0 spiro atoms. The molecule has 5 heteroatoms. The van der Waals surface area contributed by atoms with Crippen molar-refractivity contribution >= 4 is 5.97 Å². The summed E-state index contributed by atoms with van der Waals surface area (Å²) in [5, 5.41) is 27.2. The number of hydrogen-bond acceptors (Lipinski definition) is 5. The van der Waals surface area contributed by atoms with Gasteiger partial charge in [0.05, 0.1) is 24.3 Å². The minimum absolute atomic E-state index is 0.00431. The number of nitriles is 1. The van der Waals surface area contributed by atoms with Crippen molar-refractivity contribution in [2.45, 2.75) is 13.5 Å². The standard InChI is InChI=1S/C11H11NO4/c1-2-16-11(15)10-7(5-12)3-9(14)4-8(10)6-13/h3-4,13-14H,2,6H2,1H3. The third kappa shape index (κ3) is 2.30. The molecule has 16 heavy (non-hydrogen) atoms. The van der Waals surface area contributed by atoms with Crippen molar-refractivity contribution < 1.29 is 19.7 Å². The highest BCUT2D eigenvalue weighted by molar-refractivity contribution is 5.94. The second kappa shape index (κ2) is 5.14. The van der Waals surface area contributed by atoms with E-state index in [-0.39, 0.29) is 29.0 Å². The van der Waals surface area contributed by atoms with Crippen molar-refractivity contribution in [3.63, 3.8) is 0 Å². The number of nitrogens with zero attached hydrogens (tertiary/aromatic N) is 1. The van der Waals surface area contributed by atoms with E-state index in [1.165, 1.54) is 6.07 Å². The minimum atomic E-state index is -0.678. The number of hydrogen-bond donors (Lipinski definition) is 2. The van der Waals surface area contributed by atoms with Crippen molar-refractivity contribution in [3.8, 4) is 11.8 Å². The van der Waals surface area contributed by atoms with Crippen LogP contribution in [0, 0.1) is 11.3 Å². The molecule has 1 aromatic rings. The van der Waals surface area contributed by atoms with Gasteiger partial charge in [0.15, 0.2) is 0 Å². The Bertz CT molecular complexity index is 448. The molecule has 0 amide bonds. The number of carbonyl (C=O) groups is 1. The summed E-state index contributed by atoms with van der Waals surface area (Å²) in [4.78, 5) is 11.5. The maximum absolute atomic E-state index is 11.5. The lowest BCUT2D eigenvalue weighted by atomic mass is 10.0. The van der Waals surface area contributed by atoms with Gasteiger partial charge in [0.2, 0.25) is 0 Å². The zero-order valence-electron chi connectivity index (χ0n) is 8.73. The SMILES string of the molecule is CCOC(=O)c1c(C#N)cc(O)cc1CO. The highest BCUT2D eigenvalue weighted by atomic mass is 16.5. The first-order valence-corrected chi connectivity index (χ1v) is 4.68. The molecule has 0 fully saturated rings. The summed E-state index contributed by atoms with van der Waals surface area (Å²) in [7, 11) is 0. The van der Waals surface area contributed by atoms with Crippen LogP contribution in [0.4, 0.5) is 0 Å². The summed E-state index contributed by atoms with van der Waals surface area (Å²) in [6, 6.07) is 4.17. The molecule has 0 bridgehead atoms. The van der Waals surface area contributed by atoms with E-state index in [4.69, 9.17) is 15.1 Å². The van der Waals surface area contributed by atoms with Crippen LogP contribution < -0.4 is 0 Å². The summed E-state index contributed by atoms with van der Waals surface area (Å²) in [5.41, 5.74) is 0.169. The molecule has 5 nitrogen and oxygen atoms in total. The first kappa shape index (κ1) is 12.0. The van der Waals surface area contributed by atoms with Crippen LogP contribution >= 0.6 is 0 Å². The van der Waals surface area contributed by atoms with Crippen LogP contribution in [0.25, 0.3) is 0 Å². The molecule has 84 valence electrons. The fraction of sp³-hybridized carbons (Fsp3) is 0.273. The van der Waals surface area contributed by atoms with Crippen LogP contribution in [0.2, 0.25) is 0 Å². The van der Waals surface area contributed by atoms with E-state index in [2.05, 4.69) is 0 Å². The second-order valence-electron chi connectivity index (χ2n) is 3.02. The summed E-state index contributed by atoms with van der Waals surface area (Å²) in [6.45, 7) is 1.37. The van der Waals surface area contributed by atoms with Crippen LogP contribution in [0.15, 0.2) is 12.1 Å². The van der Waals surface area contributed by atoms with Crippen LogP contribution in [0.3, 0.4) is 0 Å². The molecule has 0 aliphatic carbocycles. The number of benzene rings is 1. The van der Waals surface area contributed by atoms with Crippen molar-refractivity contribution in [1.29, 1.82) is 5.26 Å². The third-order valence-electron chi connectivity index (χ3n) is 1.98. The highest BCUT2D eigenvalue weighted by Crippen LogP contribution is 2.22. The van der Waals surface area contributed by atoms with Gasteiger partial charge in [-0.2, -0.15) is 5.26 Å². The van der Waals surface area contributed by atoms with Gasteiger partial charge < -0.3 is 14.9 Å². The molecule has 0 aliphatic rings. The molecule has 1 aromatic carbocycles. The molecule has 0 aromatic heterocycles. The average molecular weight is 221 g/mol. The first-order valence-electron chi connectivity index (χ1n) is 4.68. The fourth-order valence-electron chi connectivity index (χ4n) is 1.34. The molecule has 0 heterocycles. The van der Waals surface area contributed by atoms with E-state index in [0.717, 1.165) is 6.07 Å². The third-order valence-corrected chi connectivity index (χ3v) is 1.98. The van der Waals surface area contributed by atoms with Crippen LogP contribution in [0.5, 0.6) is 5.75 Å². The second-order valence-corrected chi connectivity index (χ2v) is 3.02. The largest absolute Gasteiger partial charge is 0.508 e. The van der Waals surface area contributed by atoms with E-state index < -0.39 is 12.6 Å². The summed E-state index contributed by atoms with van der Waals surface area (Å²) < 4.78 is 4.77. The van der Waals surface area contributed by atoms with Gasteiger partial charge in [-0.05, 0) is 24.6 Å². The number of phenols is 1. The number of phenolic OH excluding ortho intramolecular Hbond substituents is 1. The van der Waals surface area contributed by atoms with E-state index in [1.54, 1.807) is 13.0 Å². The maximum Gasteiger partial charge on any atom is 0.339 e. The van der Waals surface area contributed by atoms with Gasteiger partial charge in [-0.25, -0.2) is 4.79 Å². The van der Waals surface area contributed by atoms with Gasteiger partial charge >= 0.3 is 5.97 Å². The van der Waals surface area contributed by atoms with E-state index in [9.17, 15) is 9.90 Å². The lowest BCUT2D eigenvalue weighted by Gasteiger charge is -2.09.